The number of carbonyl (C=O) groups excluding carboxylic acids is 1. The van der Waals surface area contributed by atoms with Crippen LogP contribution >= 0.6 is 0 Å². The molecule has 1 aromatic rings. The topological polar surface area (TPSA) is 90.6 Å². The Hall–Kier alpha value is -2.68. The minimum Gasteiger partial charge on any atom is -0.492 e. The number of hydrogen-bond donors (Lipinski definition) is 2. The molecule has 1 aromatic heterocycles. The van der Waals surface area contributed by atoms with Crippen LogP contribution in [0.2, 0.25) is 0 Å². The summed E-state index contributed by atoms with van der Waals surface area (Å²) in [6.45, 7) is 10.9. The van der Waals surface area contributed by atoms with E-state index in [-0.39, 0.29) is 23.3 Å². The molecule has 1 unspecified atom stereocenters. The Kier molecular flexibility index (Phi) is 8.65. The van der Waals surface area contributed by atoms with Gasteiger partial charge in [-0.25, -0.2) is 4.39 Å². The van der Waals surface area contributed by atoms with E-state index in [4.69, 9.17) is 9.72 Å². The molecule has 0 radical (unpaired) electrons. The van der Waals surface area contributed by atoms with Crippen LogP contribution in [-0.4, -0.2) is 66.8 Å². The summed E-state index contributed by atoms with van der Waals surface area (Å²) in [7, 11) is 1.95. The number of aromatic nitrogens is 2. The van der Waals surface area contributed by atoms with Crippen LogP contribution in [0.25, 0.3) is 0 Å². The zero-order chi connectivity index (χ0) is 27.5. The average molecular weight is 530 g/mol. The van der Waals surface area contributed by atoms with E-state index in [1.807, 2.05) is 22.9 Å². The van der Waals surface area contributed by atoms with E-state index in [2.05, 4.69) is 31.1 Å². The number of Topliss-reactive ketones (excluding diaryl/α,β-unsaturated/α-hetero) is 1. The molecule has 4 rings (SSSR count). The molecule has 210 valence electrons. The first-order valence-electron chi connectivity index (χ1n) is 14.1. The molecule has 3 heterocycles. The molecule has 0 aromatic carbocycles. The fraction of sp³-hybridized carbons (Fsp3) is 0.690. The highest BCUT2D eigenvalue weighted by Gasteiger charge is 2.36. The normalized spacial score (nSPS) is 23.4. The van der Waals surface area contributed by atoms with Crippen molar-refractivity contribution in [1.82, 2.24) is 15.3 Å². The number of rotatable bonds is 5. The molecule has 38 heavy (non-hydrogen) atoms. The van der Waals surface area contributed by atoms with Gasteiger partial charge in [0.15, 0.2) is 0 Å². The number of halogens is 1. The number of nitrogens with zero attached hydrogens (tertiary/aromatic N) is 3. The molecule has 9 heteroatoms. The zero-order valence-electron chi connectivity index (χ0n) is 23.7. The van der Waals surface area contributed by atoms with Crippen LogP contribution < -0.4 is 20.7 Å². The third kappa shape index (κ3) is 6.84. The first-order valence-corrected chi connectivity index (χ1v) is 14.1. The van der Waals surface area contributed by atoms with Crippen molar-refractivity contribution in [3.63, 3.8) is 0 Å². The van der Waals surface area contributed by atoms with Crippen molar-refractivity contribution in [3.05, 3.63) is 38.9 Å². The number of aromatic amines is 1. The van der Waals surface area contributed by atoms with Gasteiger partial charge < -0.3 is 19.9 Å². The predicted molar refractivity (Wildman–Crippen MR) is 150 cm³/mol. The monoisotopic (exact) mass is 529 g/mol. The van der Waals surface area contributed by atoms with Crippen LogP contribution in [0.3, 0.4) is 0 Å². The van der Waals surface area contributed by atoms with E-state index in [0.29, 0.717) is 82.1 Å². The van der Waals surface area contributed by atoms with Gasteiger partial charge in [-0.3, -0.25) is 14.6 Å². The quantitative estimate of drug-likeness (QED) is 0.552. The Morgan fingerprint density at radius 2 is 1.87 bits per heavy atom. The van der Waals surface area contributed by atoms with Gasteiger partial charge in [-0.2, -0.15) is 4.98 Å². The zero-order valence-corrected chi connectivity index (χ0v) is 23.7. The van der Waals surface area contributed by atoms with E-state index < -0.39 is 5.67 Å². The van der Waals surface area contributed by atoms with Gasteiger partial charge in [0, 0.05) is 58.0 Å². The lowest BCUT2D eigenvalue weighted by molar-refractivity contribution is -0.119. The third-order valence-corrected chi connectivity index (χ3v) is 7.71. The number of ether oxygens (including phenoxy) is 1. The van der Waals surface area contributed by atoms with Gasteiger partial charge in [-0.05, 0) is 77.0 Å². The van der Waals surface area contributed by atoms with Crippen molar-refractivity contribution in [2.24, 2.45) is 0 Å². The fourth-order valence-electron chi connectivity index (χ4n) is 5.59. The van der Waals surface area contributed by atoms with E-state index in [9.17, 15) is 9.59 Å². The van der Waals surface area contributed by atoms with Crippen LogP contribution in [0, 0.1) is 0 Å². The standard InChI is InChI=1S/C29H44FN5O3/c1-28(2,3)31-15-19-38-24-11-14-29(4,30)23-13-18-35(17-12-20(36)8-6-9-21(23)24)27-32-25-22(26(37)33-27)10-7-16-34(25)5/h11,31H,6-10,12-19H2,1-5H3,(H,32,33,37). The maximum absolute atomic E-state index is 16.0. The molecule has 0 saturated carbocycles. The molecule has 0 fully saturated rings. The lowest BCUT2D eigenvalue weighted by Crippen LogP contribution is -2.38. The number of allylic oxidation sites excluding steroid dienone is 2. The minimum atomic E-state index is -1.49. The van der Waals surface area contributed by atoms with Crippen molar-refractivity contribution in [2.45, 2.75) is 90.3 Å². The molecule has 1 atom stereocenters. The van der Waals surface area contributed by atoms with E-state index >= 15 is 4.39 Å². The SMILES string of the molecule is CN1CCCc2c1nc(N1CCC(=O)CCCC3=C(CC1)C(C)(F)CC=C3OCCNC(C)(C)C)[nH]c2=O. The van der Waals surface area contributed by atoms with Crippen molar-refractivity contribution in [1.29, 1.82) is 0 Å². The summed E-state index contributed by atoms with van der Waals surface area (Å²) in [5, 5.41) is 3.42. The van der Waals surface area contributed by atoms with E-state index in [1.165, 1.54) is 0 Å². The lowest BCUT2D eigenvalue weighted by Gasteiger charge is -2.33. The summed E-state index contributed by atoms with van der Waals surface area (Å²) in [6, 6.07) is 0. The fourth-order valence-corrected chi connectivity index (χ4v) is 5.59. The first-order chi connectivity index (χ1) is 17.9. The second kappa shape index (κ2) is 11.6. The Balaban J connectivity index is 1.61. The molecular formula is C29H44FN5O3. The largest absolute Gasteiger partial charge is 0.492 e. The second-order valence-electron chi connectivity index (χ2n) is 12.0. The van der Waals surface area contributed by atoms with Crippen molar-refractivity contribution < 1.29 is 13.9 Å². The Labute approximate surface area is 225 Å². The summed E-state index contributed by atoms with van der Waals surface area (Å²) < 4.78 is 22.2. The summed E-state index contributed by atoms with van der Waals surface area (Å²) in [4.78, 5) is 37.4. The van der Waals surface area contributed by atoms with Crippen LogP contribution in [-0.2, 0) is 16.0 Å². The van der Waals surface area contributed by atoms with Crippen LogP contribution in [0.1, 0.15) is 78.2 Å². The summed E-state index contributed by atoms with van der Waals surface area (Å²) in [6.07, 6.45) is 6.28. The first kappa shape index (κ1) is 28.3. The van der Waals surface area contributed by atoms with Crippen LogP contribution in [0.4, 0.5) is 16.2 Å². The Bertz CT molecular complexity index is 1150. The number of nitrogens with one attached hydrogen (secondary N) is 2. The van der Waals surface area contributed by atoms with Crippen molar-refractivity contribution in [2.75, 3.05) is 49.6 Å². The summed E-state index contributed by atoms with van der Waals surface area (Å²) in [5.41, 5.74) is 0.692. The molecule has 0 bridgehead atoms. The highest BCUT2D eigenvalue weighted by molar-refractivity contribution is 5.79. The van der Waals surface area contributed by atoms with Crippen LogP contribution in [0.5, 0.6) is 0 Å². The number of H-pyrrole nitrogens is 1. The average Bonchev–Trinajstić information content (AvgIpc) is 2.87. The number of hydrogen-bond acceptors (Lipinski definition) is 7. The number of ketones is 1. The van der Waals surface area contributed by atoms with Crippen molar-refractivity contribution >= 4 is 17.5 Å². The number of anilines is 2. The summed E-state index contributed by atoms with van der Waals surface area (Å²) >= 11 is 0. The second-order valence-corrected chi connectivity index (χ2v) is 12.0. The van der Waals surface area contributed by atoms with Gasteiger partial charge in [-0.15, -0.1) is 0 Å². The molecular weight excluding hydrogens is 485 g/mol. The highest BCUT2D eigenvalue weighted by Crippen LogP contribution is 2.41. The van der Waals surface area contributed by atoms with Gasteiger partial charge in [0.2, 0.25) is 5.95 Å². The van der Waals surface area contributed by atoms with Crippen molar-refractivity contribution in [3.8, 4) is 0 Å². The van der Waals surface area contributed by atoms with E-state index in [0.717, 1.165) is 29.9 Å². The minimum absolute atomic E-state index is 0.00871. The molecule has 3 aliphatic rings. The predicted octanol–water partition coefficient (Wildman–Crippen LogP) is 4.21. The molecule has 2 aliphatic heterocycles. The number of carbonyl (C=O) groups is 1. The lowest BCUT2D eigenvalue weighted by atomic mass is 9.81. The Morgan fingerprint density at radius 3 is 2.63 bits per heavy atom. The van der Waals surface area contributed by atoms with Crippen LogP contribution in [0.15, 0.2) is 27.8 Å². The smallest absolute Gasteiger partial charge is 0.257 e. The van der Waals surface area contributed by atoms with Gasteiger partial charge in [0.25, 0.3) is 5.56 Å². The molecule has 1 aliphatic carbocycles. The van der Waals surface area contributed by atoms with Gasteiger partial charge in [-0.1, -0.05) is 0 Å². The third-order valence-electron chi connectivity index (χ3n) is 7.71. The highest BCUT2D eigenvalue weighted by atomic mass is 19.1. The molecule has 2 N–H and O–H groups in total. The van der Waals surface area contributed by atoms with E-state index in [1.54, 1.807) is 6.92 Å². The van der Waals surface area contributed by atoms with Gasteiger partial charge in [0.1, 0.15) is 29.6 Å². The molecule has 0 spiro atoms. The van der Waals surface area contributed by atoms with Gasteiger partial charge >= 0.3 is 0 Å². The van der Waals surface area contributed by atoms with Gasteiger partial charge in [0.05, 0.1) is 5.56 Å². The number of alkyl halides is 1. The molecule has 0 saturated heterocycles. The summed E-state index contributed by atoms with van der Waals surface area (Å²) in [5.74, 6) is 2.06. The number of fused-ring (bicyclic) bond motifs is 1. The molecule has 8 nitrogen and oxygen atoms in total. The maximum Gasteiger partial charge on any atom is 0.257 e. The maximum atomic E-state index is 16.0. The molecule has 0 amide bonds. The Morgan fingerprint density at radius 1 is 1.11 bits per heavy atom.